The number of amides is 4. The number of hydrogen-bond acceptors (Lipinski definition) is 32. The highest BCUT2D eigenvalue weighted by molar-refractivity contribution is 6.02. The van der Waals surface area contributed by atoms with E-state index >= 15 is 0 Å². The first-order valence-corrected chi connectivity index (χ1v) is 37.1. The molecule has 116 heavy (non-hydrogen) atoms. The van der Waals surface area contributed by atoms with Crippen LogP contribution in [0.2, 0.25) is 0 Å². The monoisotopic (exact) mass is 1600 g/mol. The maximum Gasteiger partial charge on any atom is 0.257 e. The Hall–Kier alpha value is -13.6. The van der Waals surface area contributed by atoms with Crippen LogP contribution in [0.1, 0.15) is 121 Å². The van der Waals surface area contributed by atoms with Crippen molar-refractivity contribution in [3.05, 3.63) is 145 Å². The van der Waals surface area contributed by atoms with E-state index in [0.717, 1.165) is 32.1 Å². The molecule has 16 N–H and O–H groups in total. The maximum atomic E-state index is 13.0. The number of rotatable bonds is 26. The van der Waals surface area contributed by atoms with Crippen molar-refractivity contribution in [2.24, 2.45) is 5.92 Å². The predicted octanol–water partition coefficient (Wildman–Crippen LogP) is 6.35. The van der Waals surface area contributed by atoms with Gasteiger partial charge in [-0.2, -0.15) is 38.5 Å². The summed E-state index contributed by atoms with van der Waals surface area (Å²) in [5, 5.41) is 91.8. The van der Waals surface area contributed by atoms with Crippen molar-refractivity contribution in [1.82, 2.24) is 99.6 Å². The van der Waals surface area contributed by atoms with Gasteiger partial charge < -0.3 is 103 Å². The van der Waals surface area contributed by atoms with Crippen molar-refractivity contribution in [3.8, 4) is 23.5 Å². The third-order valence-corrected chi connectivity index (χ3v) is 19.0. The Balaban J connectivity index is 0.000000149. The lowest BCUT2D eigenvalue weighted by atomic mass is 9.93. The Bertz CT molecular complexity index is 5660. The molecule has 3 fully saturated rings. The van der Waals surface area contributed by atoms with Crippen LogP contribution in [0, 0.1) is 5.92 Å². The molecule has 0 unspecified atom stereocenters. The number of anilines is 12. The van der Waals surface area contributed by atoms with Gasteiger partial charge in [-0.15, -0.1) is 0 Å². The topological polar surface area (TPSA) is 503 Å². The minimum atomic E-state index is -2.66. The highest BCUT2D eigenvalue weighted by Crippen LogP contribution is 2.33. The van der Waals surface area contributed by atoms with E-state index in [9.17, 15) is 34.5 Å². The minimum Gasteiger partial charge on any atom is -0.480 e. The Morgan fingerprint density at radius 2 is 0.810 bits per heavy atom. The largest absolute Gasteiger partial charge is 0.480 e. The second kappa shape index (κ2) is 38.3. The van der Waals surface area contributed by atoms with Gasteiger partial charge in [-0.05, 0) is 119 Å². The number of nitrogens with zero attached hydrogens (tertiary/aromatic N) is 16. The summed E-state index contributed by atoms with van der Waals surface area (Å²) in [6.45, 7) is 2.20. The fourth-order valence-corrected chi connectivity index (χ4v) is 13.1. The van der Waals surface area contributed by atoms with E-state index in [-0.39, 0.29) is 77.2 Å². The van der Waals surface area contributed by atoms with Gasteiger partial charge in [0.25, 0.3) is 23.6 Å². The van der Waals surface area contributed by atoms with Gasteiger partial charge in [0.05, 0.1) is 85.7 Å². The SMILES string of the molecule is CNc1cc(Nc2cccnc2OC)nc2c(C(=O)NC[C@H](C)CO)cnn12.CNc1cc(Nc2cccnc2OC)nc2c(C(=O)N[C@@H]3CCC[C@H]3O)cnn12.[2H]C([2H])([2H])Oc1ncccc1Nc1cc(NC)n2ncc(C(=O)N[C@@H]3CCC[C@@H](O)C3)c2n1.[2H]C([2H])([2H])Oc1ncccc1Nc1cc(NC)n2ncc(C(=O)N[C@H]3CC[C@H](O)C3)c2n1. The molecule has 3 aliphatic rings. The maximum absolute atomic E-state index is 13.0. The number of pyridine rings is 4. The molecule has 7 atom stereocenters. The van der Waals surface area contributed by atoms with E-state index in [0.29, 0.717) is 153 Å². The molecule has 4 amide bonds. The van der Waals surface area contributed by atoms with Crippen LogP contribution < -0.4 is 82.7 Å². The summed E-state index contributed by atoms with van der Waals surface area (Å²) in [4.78, 5) is 85.6. The van der Waals surface area contributed by atoms with Crippen LogP contribution in [0.4, 0.5) is 69.3 Å². The molecule has 15 rings (SSSR count). The first-order chi connectivity index (χ1) is 58.6. The van der Waals surface area contributed by atoms with Gasteiger partial charge in [-0.3, -0.25) is 19.2 Å². The lowest BCUT2D eigenvalue weighted by Gasteiger charge is -2.26. The average Bonchev–Trinajstić information content (AvgIpc) is 1.64. The highest BCUT2D eigenvalue weighted by atomic mass is 16.5. The number of aromatic nitrogens is 16. The van der Waals surface area contributed by atoms with E-state index in [4.69, 9.17) is 32.3 Å². The average molecular weight is 1600 g/mol. The minimum absolute atomic E-state index is 0.00178. The molecule has 12 aromatic heterocycles. The standard InChI is InChI=1S/C20H25N7O3.2C19H23N7O3.C18H23N7O3/c1-21-17-10-16(25-15-7-4-8-22-20(15)30-2)26-18-14(11-23-27(17)18)19(29)24-12-5-3-6-13(28)9-12;1-20-16-9-15(23-13-6-4-8-21-19(13)29-2)25-17-11(10-22-26(16)17)18(28)24-12-5-3-7-14(12)27;1-20-16-9-15(24-14-4-3-7-21-19(14)29-2)25-17-13(10-22-26(16)17)18(28)23-11-5-6-12(27)8-11;1-11(10-26)8-21-17(27)12-9-22-25-15(19-2)7-14(24-16(12)25)23-13-5-4-6-20-18(13)28-3/h4,7-8,10-13,21,28H,3,5-6,9H2,1-2H3,(H,24,29)(H,25,26);4,6,8-10,12,14,20,27H,3,5,7H2,1-2H3,(H,23,25)(H,24,28);3-4,7,9-12,20,27H,5-6,8H2,1-2H3,(H,23,28)(H,24,25);4-7,9,11,19,26H,8,10H2,1-3H3,(H,21,27)(H,23,24)/t12-,13-;12-,14-;11-,12-;11-/m1100/s1/i2D3;;2D3;. The highest BCUT2D eigenvalue weighted by Gasteiger charge is 2.31. The van der Waals surface area contributed by atoms with E-state index in [1.54, 1.807) is 117 Å². The second-order valence-corrected chi connectivity index (χ2v) is 27.0. The molecule has 40 heteroatoms. The zero-order valence-corrected chi connectivity index (χ0v) is 64.3. The van der Waals surface area contributed by atoms with Crippen LogP contribution >= 0.6 is 0 Å². The van der Waals surface area contributed by atoms with E-state index in [2.05, 4.69) is 124 Å². The zero-order chi connectivity index (χ0) is 86.9. The predicted molar refractivity (Wildman–Crippen MR) is 433 cm³/mol. The summed E-state index contributed by atoms with van der Waals surface area (Å²) in [6, 6.07) is 20.1. The summed E-state index contributed by atoms with van der Waals surface area (Å²) < 4.78 is 70.5. The third-order valence-electron chi connectivity index (χ3n) is 19.0. The molecule has 3 saturated carbocycles. The molecule has 610 valence electrons. The summed E-state index contributed by atoms with van der Waals surface area (Å²) in [6.07, 6.45) is 17.7. The third kappa shape index (κ3) is 19.4. The number of ether oxygens (including phenoxy) is 4. The Labute approximate surface area is 673 Å². The van der Waals surface area contributed by atoms with Crippen molar-refractivity contribution < 1.29 is 66.8 Å². The van der Waals surface area contributed by atoms with Crippen molar-refractivity contribution in [2.75, 3.05) is 112 Å². The molecule has 0 radical (unpaired) electrons. The quantitative estimate of drug-likeness (QED) is 0.0281. The van der Waals surface area contributed by atoms with Crippen LogP contribution in [0.3, 0.4) is 0 Å². The van der Waals surface area contributed by atoms with Crippen LogP contribution in [0.25, 0.3) is 22.6 Å². The van der Waals surface area contributed by atoms with Gasteiger partial charge >= 0.3 is 0 Å². The molecule has 0 saturated heterocycles. The van der Waals surface area contributed by atoms with Gasteiger partial charge in [0.1, 0.15) is 91.5 Å². The lowest BCUT2D eigenvalue weighted by Crippen LogP contribution is -2.39. The van der Waals surface area contributed by atoms with Gasteiger partial charge in [0, 0.05) is 102 Å². The fraction of sp³-hybridized carbons (Fsp3) is 0.368. The molecular formula is C76H94N28O12. The Kier molecular flexibility index (Phi) is 24.4. The number of nitrogens with one attached hydrogen (secondary N) is 12. The van der Waals surface area contributed by atoms with Crippen molar-refractivity contribution in [2.45, 2.75) is 108 Å². The molecule has 0 aliphatic heterocycles. The summed E-state index contributed by atoms with van der Waals surface area (Å²) in [7, 11) is 4.68. The number of aliphatic hydroxyl groups is 4. The number of carbonyl (C=O) groups excluding carboxylic acids is 4. The van der Waals surface area contributed by atoms with Crippen LogP contribution in [-0.2, 0) is 0 Å². The van der Waals surface area contributed by atoms with Crippen LogP contribution in [0.15, 0.2) is 122 Å². The van der Waals surface area contributed by atoms with E-state index in [1.807, 2.05) is 19.1 Å². The molecule has 0 spiro atoms. The Morgan fingerprint density at radius 1 is 0.466 bits per heavy atom. The van der Waals surface area contributed by atoms with E-state index < -0.39 is 32.4 Å². The fourth-order valence-electron chi connectivity index (χ4n) is 13.1. The number of aliphatic hydroxyl groups excluding tert-OH is 4. The first-order valence-electron chi connectivity index (χ1n) is 40.1. The summed E-state index contributed by atoms with van der Waals surface area (Å²) in [5.74, 6) is 3.41. The van der Waals surface area contributed by atoms with Crippen molar-refractivity contribution in [3.63, 3.8) is 0 Å². The van der Waals surface area contributed by atoms with Gasteiger partial charge in [-0.25, -0.2) is 39.9 Å². The number of hydrogen-bond donors (Lipinski definition) is 16. The molecule has 40 nitrogen and oxygen atoms in total. The normalized spacial score (nSPS) is 18.0. The van der Waals surface area contributed by atoms with Crippen LogP contribution in [0.5, 0.6) is 23.5 Å². The smallest absolute Gasteiger partial charge is 0.257 e. The molecular weight excluding hydrogens is 1500 g/mol. The number of carbonyl (C=O) groups is 4. The van der Waals surface area contributed by atoms with Gasteiger partial charge in [0.15, 0.2) is 22.6 Å². The summed E-state index contributed by atoms with van der Waals surface area (Å²) >= 11 is 0. The number of fused-ring (bicyclic) bond motifs is 4. The van der Waals surface area contributed by atoms with Crippen molar-refractivity contribution in [1.29, 1.82) is 0 Å². The molecule has 0 bridgehead atoms. The second-order valence-electron chi connectivity index (χ2n) is 27.0. The van der Waals surface area contributed by atoms with Crippen molar-refractivity contribution >= 4 is 116 Å². The van der Waals surface area contributed by atoms with Gasteiger partial charge in [0.2, 0.25) is 23.5 Å². The first kappa shape index (κ1) is 73.9. The molecule has 0 aromatic carbocycles. The van der Waals surface area contributed by atoms with E-state index in [1.165, 1.54) is 53.3 Å². The zero-order valence-electron chi connectivity index (χ0n) is 70.3. The van der Waals surface area contributed by atoms with Crippen LogP contribution in [-0.4, -0.2) is 228 Å². The van der Waals surface area contributed by atoms with Gasteiger partial charge in [-0.1, -0.05) is 6.92 Å². The molecule has 12 heterocycles. The Morgan fingerprint density at radius 3 is 1.14 bits per heavy atom. The molecule has 12 aromatic rings. The summed E-state index contributed by atoms with van der Waals surface area (Å²) in [5.41, 5.74) is 4.52. The molecule has 3 aliphatic carbocycles. The number of methoxy groups -OCH3 is 4. The lowest BCUT2D eigenvalue weighted by molar-refractivity contribution is 0.0847.